The van der Waals surface area contributed by atoms with Crippen molar-refractivity contribution in [3.63, 3.8) is 0 Å². The van der Waals surface area contributed by atoms with Gasteiger partial charge in [0.05, 0.1) is 41.2 Å². The van der Waals surface area contributed by atoms with Crippen LogP contribution in [0.3, 0.4) is 0 Å². The van der Waals surface area contributed by atoms with Crippen molar-refractivity contribution in [2.45, 2.75) is 31.7 Å². The van der Waals surface area contributed by atoms with E-state index in [-0.39, 0.29) is 5.92 Å². The first-order valence-electron chi connectivity index (χ1n) is 9.73. The molecule has 1 fully saturated rings. The largest absolute Gasteiger partial charge is 0.282 e. The zero-order chi connectivity index (χ0) is 20.7. The van der Waals surface area contributed by atoms with Gasteiger partial charge in [0, 0.05) is 23.5 Å². The molecule has 1 aliphatic rings. The topological polar surface area (TPSA) is 120 Å². The molecule has 146 valence electrons. The molecule has 0 amide bonds. The quantitative estimate of drug-likeness (QED) is 0.563. The average molecular weight is 394 g/mol. The molecule has 0 radical (unpaired) electrons. The van der Waals surface area contributed by atoms with E-state index in [2.05, 4.69) is 27.3 Å². The first kappa shape index (κ1) is 18.0. The van der Waals surface area contributed by atoms with Crippen LogP contribution in [0.5, 0.6) is 0 Å². The molecule has 4 aromatic rings. The summed E-state index contributed by atoms with van der Waals surface area (Å²) < 4.78 is 1.84. The van der Waals surface area contributed by atoms with Crippen molar-refractivity contribution in [2.24, 2.45) is 5.92 Å². The maximum atomic E-state index is 9.31. The number of nitrogens with one attached hydrogen (secondary N) is 1. The van der Waals surface area contributed by atoms with Crippen molar-refractivity contribution in [1.29, 1.82) is 10.5 Å². The molecule has 8 nitrogen and oxygen atoms in total. The van der Waals surface area contributed by atoms with E-state index in [1.807, 2.05) is 48.1 Å². The third-order valence-electron chi connectivity index (χ3n) is 5.73. The number of nitrogens with zero attached hydrogens (tertiary/aromatic N) is 7. The molecule has 0 unspecified atom stereocenters. The summed E-state index contributed by atoms with van der Waals surface area (Å²) in [4.78, 5) is 9.36. The molecular formula is C22H18N8. The van der Waals surface area contributed by atoms with E-state index in [0.717, 1.165) is 33.7 Å². The summed E-state index contributed by atoms with van der Waals surface area (Å²) in [5, 5.41) is 31.5. The summed E-state index contributed by atoms with van der Waals surface area (Å²) in [5.74, 6) is -0.0274. The van der Waals surface area contributed by atoms with Crippen molar-refractivity contribution in [2.75, 3.05) is 0 Å². The third-order valence-corrected chi connectivity index (χ3v) is 5.73. The molecule has 1 aliphatic carbocycles. The van der Waals surface area contributed by atoms with Crippen molar-refractivity contribution >= 4 is 10.9 Å². The fraction of sp³-hybridized carbons (Fsp3) is 0.273. The number of fused-ring (bicyclic) bond motifs is 1. The number of aryl methyl sites for hydroxylation is 1. The summed E-state index contributed by atoms with van der Waals surface area (Å²) in [7, 11) is 0. The van der Waals surface area contributed by atoms with Gasteiger partial charge in [-0.2, -0.15) is 20.7 Å². The molecule has 5 rings (SSSR count). The van der Waals surface area contributed by atoms with Crippen LogP contribution in [-0.2, 0) is 5.54 Å². The van der Waals surface area contributed by atoms with Gasteiger partial charge in [0.15, 0.2) is 0 Å². The lowest BCUT2D eigenvalue weighted by Crippen LogP contribution is -2.46. The Kier molecular flexibility index (Phi) is 4.07. The molecule has 30 heavy (non-hydrogen) atoms. The highest BCUT2D eigenvalue weighted by molar-refractivity contribution is 5.93. The number of rotatable bonds is 4. The Balaban J connectivity index is 1.62. The summed E-state index contributed by atoms with van der Waals surface area (Å²) >= 11 is 0. The molecule has 0 bridgehead atoms. The van der Waals surface area contributed by atoms with Crippen molar-refractivity contribution in [3.05, 3.63) is 48.4 Å². The first-order valence-corrected chi connectivity index (χ1v) is 9.73. The maximum absolute atomic E-state index is 9.31. The maximum Gasteiger partial charge on any atom is 0.111 e. The Labute approximate surface area is 172 Å². The molecule has 0 aliphatic heterocycles. The second-order valence-electron chi connectivity index (χ2n) is 7.80. The van der Waals surface area contributed by atoms with Crippen molar-refractivity contribution in [1.82, 2.24) is 29.9 Å². The van der Waals surface area contributed by atoms with E-state index in [0.29, 0.717) is 25.0 Å². The van der Waals surface area contributed by atoms with Gasteiger partial charge in [-0.15, -0.1) is 0 Å². The number of H-pyrrole nitrogens is 1. The van der Waals surface area contributed by atoms with Crippen LogP contribution in [0.25, 0.3) is 33.7 Å². The first-order chi connectivity index (χ1) is 14.6. The molecule has 1 saturated carbocycles. The molecule has 0 saturated heterocycles. The Morgan fingerprint density at radius 3 is 2.80 bits per heavy atom. The van der Waals surface area contributed by atoms with E-state index in [4.69, 9.17) is 10.1 Å². The predicted octanol–water partition coefficient (Wildman–Crippen LogP) is 3.73. The molecule has 4 aromatic heterocycles. The number of aromatic nitrogens is 6. The van der Waals surface area contributed by atoms with Gasteiger partial charge < -0.3 is 0 Å². The van der Waals surface area contributed by atoms with Gasteiger partial charge in [-0.1, -0.05) is 0 Å². The van der Waals surface area contributed by atoms with E-state index >= 15 is 0 Å². The van der Waals surface area contributed by atoms with Crippen LogP contribution in [0.4, 0.5) is 0 Å². The zero-order valence-electron chi connectivity index (χ0n) is 16.4. The standard InChI is InChI=1S/C22H18N8/c1-14-9-20(28-27-14)19-10-18-16(3-2-7-25-18)21(26-19)17-4-8-30(29-17)22(5-6-23)11-15(12-22)13-24/h2-4,7-10,15H,5,11-12H2,1H3,(H,27,28)/t15-,22-. The van der Waals surface area contributed by atoms with Crippen LogP contribution >= 0.6 is 0 Å². The summed E-state index contributed by atoms with van der Waals surface area (Å²) in [6.45, 7) is 1.94. The second kappa shape index (κ2) is 6.78. The van der Waals surface area contributed by atoms with Crippen LogP contribution < -0.4 is 0 Å². The highest BCUT2D eigenvalue weighted by atomic mass is 15.3. The van der Waals surface area contributed by atoms with E-state index < -0.39 is 5.54 Å². The van der Waals surface area contributed by atoms with Gasteiger partial charge in [0.25, 0.3) is 0 Å². The number of pyridine rings is 2. The Morgan fingerprint density at radius 2 is 2.07 bits per heavy atom. The zero-order valence-corrected chi connectivity index (χ0v) is 16.4. The third kappa shape index (κ3) is 2.82. The summed E-state index contributed by atoms with van der Waals surface area (Å²) in [6.07, 6.45) is 5.24. The molecular weight excluding hydrogens is 376 g/mol. The fourth-order valence-electron chi connectivity index (χ4n) is 4.17. The predicted molar refractivity (Wildman–Crippen MR) is 110 cm³/mol. The minimum atomic E-state index is -0.418. The molecule has 8 heteroatoms. The molecule has 0 aromatic carbocycles. The van der Waals surface area contributed by atoms with Crippen molar-refractivity contribution in [3.8, 4) is 34.9 Å². The van der Waals surface area contributed by atoms with Gasteiger partial charge in [0.1, 0.15) is 17.1 Å². The number of hydrogen-bond donors (Lipinski definition) is 1. The van der Waals surface area contributed by atoms with Gasteiger partial charge in [-0.3, -0.25) is 14.8 Å². The van der Waals surface area contributed by atoms with Crippen LogP contribution in [0.1, 0.15) is 25.0 Å². The van der Waals surface area contributed by atoms with Gasteiger partial charge in [0.2, 0.25) is 0 Å². The van der Waals surface area contributed by atoms with Crippen LogP contribution in [0.2, 0.25) is 0 Å². The Bertz CT molecular complexity index is 1330. The van der Waals surface area contributed by atoms with Gasteiger partial charge in [-0.25, -0.2) is 4.98 Å². The molecule has 1 N–H and O–H groups in total. The monoisotopic (exact) mass is 394 g/mol. The Hall–Kier alpha value is -4.04. The highest BCUT2D eigenvalue weighted by Crippen LogP contribution is 2.46. The van der Waals surface area contributed by atoms with E-state index in [1.54, 1.807) is 6.20 Å². The van der Waals surface area contributed by atoms with Crippen LogP contribution in [-0.4, -0.2) is 29.9 Å². The molecule has 4 heterocycles. The Morgan fingerprint density at radius 1 is 1.20 bits per heavy atom. The molecule has 0 atom stereocenters. The molecule has 0 spiro atoms. The lowest BCUT2D eigenvalue weighted by molar-refractivity contribution is 0.0884. The van der Waals surface area contributed by atoms with E-state index in [9.17, 15) is 10.5 Å². The SMILES string of the molecule is Cc1cc(-c2cc3ncccc3c(-c3ccn([C@]4(CC#N)C[C@@H](C#N)C4)n3)n2)n[nH]1. The number of hydrogen-bond acceptors (Lipinski definition) is 6. The van der Waals surface area contributed by atoms with Crippen LogP contribution in [0.15, 0.2) is 42.7 Å². The average Bonchev–Trinajstić information content (AvgIpc) is 3.39. The van der Waals surface area contributed by atoms with Crippen LogP contribution in [0, 0.1) is 35.5 Å². The minimum absolute atomic E-state index is 0.0274. The number of aromatic amines is 1. The summed E-state index contributed by atoms with van der Waals surface area (Å²) in [6, 6.07) is 14.2. The highest BCUT2D eigenvalue weighted by Gasteiger charge is 2.46. The van der Waals surface area contributed by atoms with Crippen molar-refractivity contribution < 1.29 is 0 Å². The van der Waals surface area contributed by atoms with Gasteiger partial charge >= 0.3 is 0 Å². The van der Waals surface area contributed by atoms with Gasteiger partial charge in [-0.05, 0) is 50.1 Å². The minimum Gasteiger partial charge on any atom is -0.282 e. The summed E-state index contributed by atoms with van der Waals surface area (Å²) in [5.41, 5.74) is 4.24. The number of nitriles is 2. The fourth-order valence-corrected chi connectivity index (χ4v) is 4.17. The lowest BCUT2D eigenvalue weighted by atomic mass is 9.67. The lowest BCUT2D eigenvalue weighted by Gasteiger charge is -2.43. The normalized spacial score (nSPS) is 20.4. The van der Waals surface area contributed by atoms with E-state index in [1.165, 1.54) is 0 Å². The second-order valence-corrected chi connectivity index (χ2v) is 7.80. The smallest absolute Gasteiger partial charge is 0.111 e.